The summed E-state index contributed by atoms with van der Waals surface area (Å²) in [6.45, 7) is 1.83. The average molecular weight is 364 g/mol. The van der Waals surface area contributed by atoms with Crippen molar-refractivity contribution in [3.05, 3.63) is 81.6 Å². The summed E-state index contributed by atoms with van der Waals surface area (Å²) in [5.41, 5.74) is 10.2. The second-order valence-electron chi connectivity index (χ2n) is 5.74. The maximum absolute atomic E-state index is 12.0. The van der Waals surface area contributed by atoms with E-state index in [1.165, 1.54) is 18.3 Å². The molecule has 1 aromatic heterocycles. The van der Waals surface area contributed by atoms with Crippen molar-refractivity contribution >= 4 is 23.5 Å². The van der Waals surface area contributed by atoms with E-state index in [0.717, 1.165) is 5.56 Å². The maximum Gasteiger partial charge on any atom is 0.273 e. The van der Waals surface area contributed by atoms with E-state index in [-0.39, 0.29) is 5.69 Å². The summed E-state index contributed by atoms with van der Waals surface area (Å²) in [5.74, 6) is 0.416. The molecule has 0 radical (unpaired) electrons. The fourth-order valence-electron chi connectivity index (χ4n) is 2.47. The molecule has 8 heteroatoms. The number of hydrogen-bond acceptors (Lipinski definition) is 6. The second-order valence-corrected chi connectivity index (χ2v) is 5.74. The van der Waals surface area contributed by atoms with Crippen molar-refractivity contribution in [1.82, 2.24) is 5.43 Å². The van der Waals surface area contributed by atoms with Crippen molar-refractivity contribution in [2.24, 2.45) is 5.10 Å². The van der Waals surface area contributed by atoms with Crippen molar-refractivity contribution in [2.45, 2.75) is 6.92 Å². The van der Waals surface area contributed by atoms with Gasteiger partial charge in [-0.1, -0.05) is 18.2 Å². The molecule has 0 aliphatic carbocycles. The first-order chi connectivity index (χ1) is 13.0. The Morgan fingerprint density at radius 3 is 2.74 bits per heavy atom. The summed E-state index contributed by atoms with van der Waals surface area (Å²) in [6.07, 6.45) is 1.34. The van der Waals surface area contributed by atoms with Crippen LogP contribution in [0.3, 0.4) is 0 Å². The topological polar surface area (TPSA) is 124 Å². The van der Waals surface area contributed by atoms with Crippen LogP contribution in [0.4, 0.5) is 11.4 Å². The zero-order valence-electron chi connectivity index (χ0n) is 14.4. The number of nitrogens with two attached hydrogens (primary N) is 1. The van der Waals surface area contributed by atoms with Crippen molar-refractivity contribution in [3.8, 4) is 11.3 Å². The molecule has 3 N–H and O–H groups in total. The van der Waals surface area contributed by atoms with Crippen LogP contribution in [0.2, 0.25) is 0 Å². The van der Waals surface area contributed by atoms with Crippen LogP contribution in [0.1, 0.15) is 21.7 Å². The SMILES string of the molecule is Cc1ccc([N+](=O)[O-])cc1-c1ccc(/C=N\NC(=O)c2ccccc2N)o1. The minimum Gasteiger partial charge on any atom is -0.455 e. The standard InChI is InChI=1S/C19H16N4O4/c1-12-6-7-13(23(25)26)10-16(12)18-9-8-14(27-18)11-21-22-19(24)15-4-2-3-5-17(15)20/h2-11H,20H2,1H3,(H,22,24)/b21-11-. The van der Waals surface area contributed by atoms with Gasteiger partial charge in [-0.2, -0.15) is 5.10 Å². The summed E-state index contributed by atoms with van der Waals surface area (Å²) < 4.78 is 5.65. The van der Waals surface area contributed by atoms with Gasteiger partial charge in [0.2, 0.25) is 0 Å². The molecule has 0 atom stereocenters. The van der Waals surface area contributed by atoms with Crippen LogP contribution in [0.15, 0.2) is 64.1 Å². The van der Waals surface area contributed by atoms with E-state index >= 15 is 0 Å². The van der Waals surface area contributed by atoms with E-state index in [2.05, 4.69) is 10.5 Å². The highest BCUT2D eigenvalue weighted by Gasteiger charge is 2.13. The van der Waals surface area contributed by atoms with Crippen LogP contribution in [-0.2, 0) is 0 Å². The highest BCUT2D eigenvalue weighted by atomic mass is 16.6. The highest BCUT2D eigenvalue weighted by Crippen LogP contribution is 2.28. The number of aryl methyl sites for hydroxylation is 1. The number of para-hydroxylation sites is 1. The molecule has 0 fully saturated rings. The van der Waals surface area contributed by atoms with E-state index in [1.54, 1.807) is 42.5 Å². The van der Waals surface area contributed by atoms with E-state index in [4.69, 9.17) is 10.2 Å². The Bertz CT molecular complexity index is 1040. The van der Waals surface area contributed by atoms with Gasteiger partial charge in [0.1, 0.15) is 11.5 Å². The van der Waals surface area contributed by atoms with Crippen LogP contribution in [0, 0.1) is 17.0 Å². The molecule has 0 saturated heterocycles. The lowest BCUT2D eigenvalue weighted by atomic mass is 10.1. The quantitative estimate of drug-likeness (QED) is 0.310. The lowest BCUT2D eigenvalue weighted by molar-refractivity contribution is -0.384. The molecular formula is C19H16N4O4. The molecule has 1 heterocycles. The molecule has 0 saturated carbocycles. The summed E-state index contributed by atoms with van der Waals surface area (Å²) in [4.78, 5) is 22.5. The summed E-state index contributed by atoms with van der Waals surface area (Å²) in [5, 5.41) is 14.8. The zero-order chi connectivity index (χ0) is 19.4. The van der Waals surface area contributed by atoms with Crippen molar-refractivity contribution in [3.63, 3.8) is 0 Å². The fourth-order valence-corrected chi connectivity index (χ4v) is 2.47. The number of carbonyl (C=O) groups excluding carboxylic acids is 1. The number of hydrogen-bond donors (Lipinski definition) is 2. The molecule has 136 valence electrons. The lowest BCUT2D eigenvalue weighted by Gasteiger charge is -2.03. The monoisotopic (exact) mass is 364 g/mol. The Labute approximate surface area is 154 Å². The van der Waals surface area contributed by atoms with Gasteiger partial charge >= 0.3 is 0 Å². The molecular weight excluding hydrogens is 348 g/mol. The number of amides is 1. The molecule has 1 amide bonds. The van der Waals surface area contributed by atoms with Crippen LogP contribution in [-0.4, -0.2) is 17.0 Å². The first kappa shape index (κ1) is 17.9. The third-order valence-electron chi connectivity index (χ3n) is 3.89. The van der Waals surface area contributed by atoms with Gasteiger partial charge in [-0.05, 0) is 36.8 Å². The van der Waals surface area contributed by atoms with Gasteiger partial charge in [-0.3, -0.25) is 14.9 Å². The number of nitrogens with one attached hydrogen (secondary N) is 1. The third kappa shape index (κ3) is 4.01. The number of benzene rings is 2. The van der Waals surface area contributed by atoms with Gasteiger partial charge in [0.15, 0.2) is 0 Å². The highest BCUT2D eigenvalue weighted by molar-refractivity contribution is 5.99. The zero-order valence-corrected chi connectivity index (χ0v) is 14.4. The van der Waals surface area contributed by atoms with Crippen molar-refractivity contribution < 1.29 is 14.1 Å². The summed E-state index contributed by atoms with van der Waals surface area (Å²) >= 11 is 0. The molecule has 0 aliphatic heterocycles. The molecule has 3 rings (SSSR count). The van der Waals surface area contributed by atoms with Gasteiger partial charge < -0.3 is 10.2 Å². The van der Waals surface area contributed by atoms with Gasteiger partial charge in [-0.15, -0.1) is 0 Å². The fraction of sp³-hybridized carbons (Fsp3) is 0.0526. The first-order valence-corrected chi connectivity index (χ1v) is 7.99. The predicted molar refractivity (Wildman–Crippen MR) is 101 cm³/mol. The van der Waals surface area contributed by atoms with Crippen molar-refractivity contribution in [1.29, 1.82) is 0 Å². The van der Waals surface area contributed by atoms with E-state index in [9.17, 15) is 14.9 Å². The predicted octanol–water partition coefficient (Wildman–Crippen LogP) is 3.51. The Kier molecular flexibility index (Phi) is 4.98. The number of rotatable bonds is 5. The smallest absolute Gasteiger partial charge is 0.273 e. The minimum absolute atomic E-state index is 0.0186. The molecule has 3 aromatic rings. The van der Waals surface area contributed by atoms with Crippen LogP contribution >= 0.6 is 0 Å². The normalized spacial score (nSPS) is 10.9. The minimum atomic E-state index is -0.459. The summed E-state index contributed by atoms with van der Waals surface area (Å²) in [6, 6.07) is 14.5. The Morgan fingerprint density at radius 2 is 2.00 bits per heavy atom. The second kappa shape index (κ2) is 7.52. The number of furan rings is 1. The average Bonchev–Trinajstić information content (AvgIpc) is 3.10. The van der Waals surface area contributed by atoms with Crippen molar-refractivity contribution in [2.75, 3.05) is 5.73 Å². The molecule has 8 nitrogen and oxygen atoms in total. The number of carbonyl (C=O) groups is 1. The number of nitrogen functional groups attached to an aromatic ring is 1. The maximum atomic E-state index is 12.0. The van der Waals surface area contributed by atoms with Crippen LogP contribution in [0.25, 0.3) is 11.3 Å². The van der Waals surface area contributed by atoms with Crippen LogP contribution < -0.4 is 11.2 Å². The third-order valence-corrected chi connectivity index (χ3v) is 3.89. The molecule has 0 aliphatic rings. The molecule has 2 aromatic carbocycles. The van der Waals surface area contributed by atoms with E-state index in [1.807, 2.05) is 6.92 Å². The Morgan fingerprint density at radius 1 is 1.22 bits per heavy atom. The molecule has 27 heavy (non-hydrogen) atoms. The first-order valence-electron chi connectivity index (χ1n) is 7.99. The Hall–Kier alpha value is -3.94. The van der Waals surface area contributed by atoms with Crippen LogP contribution in [0.5, 0.6) is 0 Å². The number of hydrazone groups is 1. The van der Waals surface area contributed by atoms with E-state index < -0.39 is 10.8 Å². The largest absolute Gasteiger partial charge is 0.455 e. The van der Waals surface area contributed by atoms with E-state index in [0.29, 0.717) is 28.3 Å². The number of non-ortho nitro benzene ring substituents is 1. The number of nitrogens with zero attached hydrogens (tertiary/aromatic N) is 2. The number of anilines is 1. The van der Waals surface area contributed by atoms with Gasteiger partial charge in [-0.25, -0.2) is 5.43 Å². The molecule has 0 spiro atoms. The molecule has 0 bridgehead atoms. The summed E-state index contributed by atoms with van der Waals surface area (Å²) in [7, 11) is 0. The molecule has 0 unspecified atom stereocenters. The number of nitro benzene ring substituents is 1. The number of nitro groups is 1. The Balaban J connectivity index is 1.74. The van der Waals surface area contributed by atoms with Gasteiger partial charge in [0.05, 0.1) is 16.7 Å². The lowest BCUT2D eigenvalue weighted by Crippen LogP contribution is -2.18. The van der Waals surface area contributed by atoms with Gasteiger partial charge in [0, 0.05) is 23.4 Å². The van der Waals surface area contributed by atoms with Gasteiger partial charge in [0.25, 0.3) is 11.6 Å².